The SMILES string of the molecule is CCCCCCCCCCCCC/C=C/[C@@H](O)[C@H](CO[C@@H]1OC(CO)[C@@H](O[C@@H]2OC(CO)[C@H](O)[C@H](O[C@@H]3OC(CO)[C@@H](O[C@@H]4OC(CO)[C@H](O)[C@H](O[C@@H]5OC(CO)[C@@H](O)[C@H](O)C5NC(C)=O)C4O)[C@H](O)C3NC(C)=O)C2O)[C@H](O)C1O)NC(=O)CCCCCCCCCCCCCCCCCCCCCCCCC. The number of allylic oxidation sites excluding steroid dienone is 1. The van der Waals surface area contributed by atoms with Crippen molar-refractivity contribution in [1.29, 1.82) is 0 Å². The molecule has 0 aliphatic carbocycles. The minimum Gasteiger partial charge on any atom is -0.394 e. The van der Waals surface area contributed by atoms with E-state index in [4.69, 9.17) is 47.4 Å². The van der Waals surface area contributed by atoms with Crippen LogP contribution in [0.2, 0.25) is 0 Å². The van der Waals surface area contributed by atoms with E-state index < -0.39 is 217 Å². The molecule has 0 aromatic carbocycles. The lowest BCUT2D eigenvalue weighted by Gasteiger charge is -2.50. The average Bonchev–Trinajstić information content (AvgIpc) is 0.757. The third kappa shape index (κ3) is 33.0. The molecule has 0 saturated carbocycles. The molecule has 5 saturated heterocycles. The Bertz CT molecular complexity index is 2420. The summed E-state index contributed by atoms with van der Waals surface area (Å²) in [6.07, 6.45) is 1.95. The molecule has 5 fully saturated rings. The van der Waals surface area contributed by atoms with Crippen molar-refractivity contribution in [1.82, 2.24) is 16.0 Å². The molecule has 0 radical (unpaired) electrons. The standard InChI is InChI=1S/C78H143N3O28/c1-5-7-9-11-13-15-17-19-20-21-22-23-24-25-26-27-28-30-32-34-36-38-40-42-58(90)81-51(52(89)41-39-37-35-33-31-29-18-16-14-12-10-8-6-2)48-100-76-67(97)66(96)71(57(47-86)105-76)107-78-69(99)73(63(93)55(45-84)103-78)109-75-60(80-50(4)88)65(95)70(56(46-85)104-75)106-77-68(98)72(62(92)54(44-83)102-77)108-74-59(79-49(3)87)64(94)61(91)53(43-82)101-74/h39,41,51-57,59-78,82-86,89,91-99H,5-38,40,42-48H2,1-4H3,(H,79,87)(H,80,88)(H,81,90)/b41-39+/t51-,52+,53?,54?,55?,56?,57?,59?,60?,61+,62-,63-,64+,65+,66+,67?,68?,69?,70+,71+,72-,73-,74-,75-,76+,77-,78-/m0/s1. The third-order valence-corrected chi connectivity index (χ3v) is 21.6. The summed E-state index contributed by atoms with van der Waals surface area (Å²) in [5.41, 5.74) is 0. The van der Waals surface area contributed by atoms with Crippen LogP contribution in [0.5, 0.6) is 0 Å². The predicted octanol–water partition coefficient (Wildman–Crippen LogP) is 2.87. The molecule has 5 rings (SSSR count). The fourth-order valence-corrected chi connectivity index (χ4v) is 15.0. The Labute approximate surface area is 645 Å². The van der Waals surface area contributed by atoms with Crippen LogP contribution in [-0.4, -0.2) is 300 Å². The first-order valence-electron chi connectivity index (χ1n) is 41.5. The number of carbonyl (C=O) groups is 3. The van der Waals surface area contributed by atoms with E-state index in [0.717, 1.165) is 65.2 Å². The van der Waals surface area contributed by atoms with E-state index in [1.54, 1.807) is 6.08 Å². The van der Waals surface area contributed by atoms with Gasteiger partial charge in [0.25, 0.3) is 0 Å². The maximum atomic E-state index is 13.6. The highest BCUT2D eigenvalue weighted by Crippen LogP contribution is 2.37. The second-order valence-electron chi connectivity index (χ2n) is 30.7. The molecular formula is C78H143N3O28. The van der Waals surface area contributed by atoms with Crippen molar-refractivity contribution in [2.75, 3.05) is 39.6 Å². The molecule has 5 aliphatic heterocycles. The number of rotatable bonds is 57. The molecule has 5 heterocycles. The number of aliphatic hydroxyl groups is 15. The van der Waals surface area contributed by atoms with Crippen LogP contribution in [0.3, 0.4) is 0 Å². The molecular weight excluding hydrogens is 1430 g/mol. The second kappa shape index (κ2) is 54.9. The predicted molar refractivity (Wildman–Crippen MR) is 398 cm³/mol. The summed E-state index contributed by atoms with van der Waals surface area (Å²) in [5, 5.41) is 175. The maximum Gasteiger partial charge on any atom is 0.220 e. The fourth-order valence-electron chi connectivity index (χ4n) is 15.0. The normalized spacial score (nSPS) is 33.6. The Balaban J connectivity index is 1.16. The number of hydrogen-bond donors (Lipinski definition) is 18. The Morgan fingerprint density at radius 2 is 0.679 bits per heavy atom. The minimum atomic E-state index is -2.16. The van der Waals surface area contributed by atoms with Gasteiger partial charge in [-0.05, 0) is 19.3 Å². The zero-order valence-electron chi connectivity index (χ0n) is 65.5. The quantitative estimate of drug-likeness (QED) is 0.0307. The molecule has 0 aromatic heterocycles. The van der Waals surface area contributed by atoms with E-state index >= 15 is 0 Å². The highest BCUT2D eigenvalue weighted by molar-refractivity contribution is 5.76. The first-order chi connectivity index (χ1) is 52.6. The lowest BCUT2D eigenvalue weighted by molar-refractivity contribution is -0.385. The van der Waals surface area contributed by atoms with Crippen molar-refractivity contribution in [2.45, 2.75) is 424 Å². The van der Waals surface area contributed by atoms with Crippen molar-refractivity contribution >= 4 is 17.7 Å². The van der Waals surface area contributed by atoms with E-state index in [-0.39, 0.29) is 12.3 Å². The van der Waals surface area contributed by atoms with Gasteiger partial charge in [0.1, 0.15) is 122 Å². The second-order valence-corrected chi connectivity index (χ2v) is 30.7. The van der Waals surface area contributed by atoms with Gasteiger partial charge in [0.2, 0.25) is 17.7 Å². The van der Waals surface area contributed by atoms with Gasteiger partial charge in [-0.3, -0.25) is 14.4 Å². The van der Waals surface area contributed by atoms with Crippen molar-refractivity contribution in [2.24, 2.45) is 0 Å². The average molecular weight is 1570 g/mol. The Hall–Kier alpha value is -2.85. The molecule has 31 heteroatoms. The van der Waals surface area contributed by atoms with E-state index in [2.05, 4.69) is 29.8 Å². The van der Waals surface area contributed by atoms with Gasteiger partial charge < -0.3 is 140 Å². The van der Waals surface area contributed by atoms with Crippen LogP contribution in [0.15, 0.2) is 12.2 Å². The van der Waals surface area contributed by atoms with Crippen molar-refractivity contribution < 1.29 is 138 Å². The van der Waals surface area contributed by atoms with Crippen molar-refractivity contribution in [3.05, 3.63) is 12.2 Å². The van der Waals surface area contributed by atoms with E-state index in [1.165, 1.54) is 161 Å². The number of amides is 3. The minimum absolute atomic E-state index is 0.191. The van der Waals surface area contributed by atoms with Gasteiger partial charge in [0.15, 0.2) is 31.5 Å². The van der Waals surface area contributed by atoms with Gasteiger partial charge in [-0.15, -0.1) is 0 Å². The van der Waals surface area contributed by atoms with Crippen LogP contribution >= 0.6 is 0 Å². The topological polar surface area (TPSA) is 483 Å². The molecule has 5 aliphatic rings. The number of hydrogen-bond acceptors (Lipinski definition) is 28. The first kappa shape index (κ1) is 96.7. The van der Waals surface area contributed by atoms with Gasteiger partial charge in [0.05, 0.1) is 51.8 Å². The number of unbranched alkanes of at least 4 members (excludes halogenated alkanes) is 33. The number of aliphatic hydroxyl groups excluding tert-OH is 15. The largest absolute Gasteiger partial charge is 0.394 e. The van der Waals surface area contributed by atoms with Crippen LogP contribution in [-0.2, 0) is 61.8 Å². The van der Waals surface area contributed by atoms with E-state index in [9.17, 15) is 91.0 Å². The number of carbonyl (C=O) groups excluding carboxylic acids is 3. The summed E-state index contributed by atoms with van der Waals surface area (Å²) in [7, 11) is 0. The lowest BCUT2D eigenvalue weighted by Crippen LogP contribution is -2.70. The summed E-state index contributed by atoms with van der Waals surface area (Å²) < 4.78 is 59.1. The molecule has 3 amide bonds. The van der Waals surface area contributed by atoms with Gasteiger partial charge in [-0.25, -0.2) is 0 Å². The van der Waals surface area contributed by atoms with Crippen molar-refractivity contribution in [3.8, 4) is 0 Å². The Morgan fingerprint density at radius 1 is 0.358 bits per heavy atom. The van der Waals surface area contributed by atoms with Gasteiger partial charge >= 0.3 is 0 Å². The zero-order valence-corrected chi connectivity index (χ0v) is 65.5. The zero-order chi connectivity index (χ0) is 79.6. The van der Waals surface area contributed by atoms with Crippen LogP contribution in [0.25, 0.3) is 0 Å². The summed E-state index contributed by atoms with van der Waals surface area (Å²) in [6, 6.07) is -4.40. The molecule has 638 valence electrons. The Morgan fingerprint density at radius 3 is 1.06 bits per heavy atom. The van der Waals surface area contributed by atoms with Crippen LogP contribution in [0.4, 0.5) is 0 Å². The number of nitrogens with one attached hydrogen (secondary N) is 3. The molecule has 0 bridgehead atoms. The van der Waals surface area contributed by atoms with Crippen LogP contribution < -0.4 is 16.0 Å². The highest BCUT2D eigenvalue weighted by atomic mass is 16.8. The molecule has 0 spiro atoms. The highest BCUT2D eigenvalue weighted by Gasteiger charge is 2.57. The maximum absolute atomic E-state index is 13.6. The molecule has 18 N–H and O–H groups in total. The van der Waals surface area contributed by atoms with Crippen molar-refractivity contribution in [3.63, 3.8) is 0 Å². The lowest BCUT2D eigenvalue weighted by atomic mass is 9.94. The molecule has 109 heavy (non-hydrogen) atoms. The smallest absolute Gasteiger partial charge is 0.220 e. The van der Waals surface area contributed by atoms with Gasteiger partial charge in [-0.1, -0.05) is 231 Å². The molecule has 27 atom stereocenters. The summed E-state index contributed by atoms with van der Waals surface area (Å²) in [6.45, 7) is 1.42. The molecule has 31 nitrogen and oxygen atoms in total. The third-order valence-electron chi connectivity index (χ3n) is 21.6. The molecule has 0 aromatic rings. The molecule has 10 unspecified atom stereocenters. The van der Waals surface area contributed by atoms with Crippen LogP contribution in [0.1, 0.15) is 259 Å². The first-order valence-corrected chi connectivity index (χ1v) is 41.5. The summed E-state index contributed by atoms with van der Waals surface area (Å²) in [4.78, 5) is 38.6. The van der Waals surface area contributed by atoms with E-state index in [0.29, 0.717) is 12.8 Å². The Kier molecular flexibility index (Phi) is 48.7. The van der Waals surface area contributed by atoms with Crippen LogP contribution in [0, 0.1) is 0 Å². The summed E-state index contributed by atoms with van der Waals surface area (Å²) >= 11 is 0. The monoisotopic (exact) mass is 1570 g/mol. The van der Waals surface area contributed by atoms with Gasteiger partial charge in [-0.2, -0.15) is 0 Å². The summed E-state index contributed by atoms with van der Waals surface area (Å²) in [5.74, 6) is -1.89. The fraction of sp³-hybridized carbons (Fsp3) is 0.936. The van der Waals surface area contributed by atoms with E-state index in [1.807, 2.05) is 6.08 Å². The number of ether oxygens (including phenoxy) is 10. The van der Waals surface area contributed by atoms with Gasteiger partial charge in [0, 0.05) is 20.3 Å².